The van der Waals surface area contributed by atoms with E-state index < -0.39 is 0 Å². The zero-order valence-electron chi connectivity index (χ0n) is 20.2. The summed E-state index contributed by atoms with van der Waals surface area (Å²) in [5.74, 6) is 0. The Balaban J connectivity index is 1.56. The first kappa shape index (κ1) is 19.8. The van der Waals surface area contributed by atoms with Crippen LogP contribution in [0.15, 0.2) is 103 Å². The lowest BCUT2D eigenvalue weighted by atomic mass is 9.82. The molecule has 4 aromatic carbocycles. The Bertz CT molecular complexity index is 2030. The summed E-state index contributed by atoms with van der Waals surface area (Å²) in [4.78, 5) is 9.59. The molecular formula is C33H23N3. The van der Waals surface area contributed by atoms with Crippen molar-refractivity contribution in [2.75, 3.05) is 0 Å². The van der Waals surface area contributed by atoms with Gasteiger partial charge in [0.1, 0.15) is 0 Å². The van der Waals surface area contributed by atoms with Crippen LogP contribution in [0.25, 0.3) is 60.4 Å². The number of nitrogens with zero attached hydrogens (tertiary/aromatic N) is 3. The van der Waals surface area contributed by atoms with Crippen LogP contribution in [0.1, 0.15) is 25.0 Å². The van der Waals surface area contributed by atoms with Crippen molar-refractivity contribution in [1.29, 1.82) is 0 Å². The molecule has 8 rings (SSSR count). The highest BCUT2D eigenvalue weighted by Gasteiger charge is 2.36. The Morgan fingerprint density at radius 1 is 0.667 bits per heavy atom. The zero-order chi connectivity index (χ0) is 24.0. The fraction of sp³-hybridized carbons (Fsp3) is 0.0909. The van der Waals surface area contributed by atoms with Gasteiger partial charge in [0.2, 0.25) is 0 Å². The minimum Gasteiger partial charge on any atom is -0.308 e. The highest BCUT2D eigenvalue weighted by atomic mass is 15.0. The largest absolute Gasteiger partial charge is 0.308 e. The number of hydrogen-bond donors (Lipinski definition) is 0. The summed E-state index contributed by atoms with van der Waals surface area (Å²) in [5, 5.41) is 4.67. The van der Waals surface area contributed by atoms with E-state index in [-0.39, 0.29) is 5.41 Å². The van der Waals surface area contributed by atoms with Crippen molar-refractivity contribution >= 4 is 43.6 Å². The summed E-state index contributed by atoms with van der Waals surface area (Å²) in [6.07, 6.45) is 3.80. The molecule has 0 unspecified atom stereocenters. The van der Waals surface area contributed by atoms with Gasteiger partial charge in [0.15, 0.2) is 0 Å². The lowest BCUT2D eigenvalue weighted by molar-refractivity contribution is 0.661. The summed E-state index contributed by atoms with van der Waals surface area (Å²) in [6.45, 7) is 4.69. The van der Waals surface area contributed by atoms with Gasteiger partial charge in [-0.2, -0.15) is 0 Å². The van der Waals surface area contributed by atoms with E-state index in [9.17, 15) is 0 Å². The molecule has 3 nitrogen and oxygen atoms in total. The van der Waals surface area contributed by atoms with E-state index >= 15 is 0 Å². The zero-order valence-corrected chi connectivity index (χ0v) is 20.2. The molecule has 0 N–H and O–H groups in total. The van der Waals surface area contributed by atoms with Gasteiger partial charge in [0, 0.05) is 34.0 Å². The third-order valence-corrected chi connectivity index (χ3v) is 8.06. The molecule has 0 radical (unpaired) electrons. The third kappa shape index (κ3) is 2.42. The highest BCUT2D eigenvalue weighted by Crippen LogP contribution is 2.51. The van der Waals surface area contributed by atoms with Crippen LogP contribution in [0.3, 0.4) is 0 Å². The first-order valence-corrected chi connectivity index (χ1v) is 12.4. The van der Waals surface area contributed by atoms with Crippen LogP contribution in [0.4, 0.5) is 0 Å². The number of pyridine rings is 2. The van der Waals surface area contributed by atoms with Crippen molar-refractivity contribution in [2.45, 2.75) is 19.3 Å². The van der Waals surface area contributed by atoms with Crippen molar-refractivity contribution in [3.8, 4) is 16.8 Å². The molecule has 0 aliphatic heterocycles. The predicted octanol–water partition coefficient (Wildman–Crippen LogP) is 8.19. The summed E-state index contributed by atoms with van der Waals surface area (Å²) in [5.41, 5.74) is 10.9. The maximum atomic E-state index is 4.79. The lowest BCUT2D eigenvalue weighted by Crippen LogP contribution is -2.15. The maximum Gasteiger partial charge on any atom is 0.0832 e. The van der Waals surface area contributed by atoms with Gasteiger partial charge in [0.25, 0.3) is 0 Å². The van der Waals surface area contributed by atoms with E-state index in [0.717, 1.165) is 27.5 Å². The van der Waals surface area contributed by atoms with E-state index in [2.05, 4.69) is 103 Å². The highest BCUT2D eigenvalue weighted by molar-refractivity contribution is 6.14. The Morgan fingerprint density at radius 3 is 2.47 bits per heavy atom. The molecule has 7 aromatic rings. The second-order valence-electron chi connectivity index (χ2n) is 10.3. The number of para-hydroxylation sites is 1. The molecule has 0 saturated carbocycles. The molecule has 3 aromatic heterocycles. The third-order valence-electron chi connectivity index (χ3n) is 8.06. The molecule has 36 heavy (non-hydrogen) atoms. The Labute approximate surface area is 208 Å². The van der Waals surface area contributed by atoms with Crippen LogP contribution in [0.2, 0.25) is 0 Å². The summed E-state index contributed by atoms with van der Waals surface area (Å²) >= 11 is 0. The van der Waals surface area contributed by atoms with Gasteiger partial charge in [-0.25, -0.2) is 0 Å². The van der Waals surface area contributed by atoms with E-state index in [1.165, 1.54) is 44.1 Å². The molecular weight excluding hydrogens is 438 g/mol. The van der Waals surface area contributed by atoms with Crippen LogP contribution in [-0.2, 0) is 5.41 Å². The molecule has 1 aliphatic carbocycles. The van der Waals surface area contributed by atoms with E-state index in [1.54, 1.807) is 0 Å². The molecule has 0 fully saturated rings. The Kier molecular flexibility index (Phi) is 3.73. The van der Waals surface area contributed by atoms with Crippen LogP contribution in [-0.4, -0.2) is 14.5 Å². The number of fused-ring (bicyclic) bond motifs is 9. The minimum absolute atomic E-state index is 0.0596. The van der Waals surface area contributed by atoms with Gasteiger partial charge in [0.05, 0.1) is 33.1 Å². The first-order valence-electron chi connectivity index (χ1n) is 12.4. The Hall–Kier alpha value is -4.50. The van der Waals surface area contributed by atoms with Gasteiger partial charge in [-0.05, 0) is 64.7 Å². The molecule has 0 bridgehead atoms. The van der Waals surface area contributed by atoms with Crippen LogP contribution in [0.5, 0.6) is 0 Å². The topological polar surface area (TPSA) is 30.7 Å². The van der Waals surface area contributed by atoms with Gasteiger partial charge >= 0.3 is 0 Å². The van der Waals surface area contributed by atoms with E-state index in [0.29, 0.717) is 0 Å². The lowest BCUT2D eigenvalue weighted by Gasteiger charge is -2.21. The molecule has 0 amide bonds. The molecule has 0 saturated heterocycles. The monoisotopic (exact) mass is 461 g/mol. The fourth-order valence-corrected chi connectivity index (χ4v) is 6.36. The van der Waals surface area contributed by atoms with Crippen molar-refractivity contribution < 1.29 is 0 Å². The smallest absolute Gasteiger partial charge is 0.0832 e. The standard InChI is InChI=1S/C33H23N3/c1-33(2)25-12-5-3-10-21(25)23-17-24-22-11-4-6-14-28(22)36(30(24)18-26(23)33)29-15-7-13-27-31(29)32-20(19-35-27)9-8-16-34-32/h3-19H,1-2H3. The molecule has 3 heteroatoms. The summed E-state index contributed by atoms with van der Waals surface area (Å²) in [7, 11) is 0. The average molecular weight is 462 g/mol. The molecule has 170 valence electrons. The van der Waals surface area contributed by atoms with Gasteiger partial charge < -0.3 is 4.57 Å². The fourth-order valence-electron chi connectivity index (χ4n) is 6.36. The average Bonchev–Trinajstić information content (AvgIpc) is 3.36. The molecule has 0 atom stereocenters. The van der Waals surface area contributed by atoms with Crippen molar-refractivity contribution in [2.24, 2.45) is 0 Å². The molecule has 1 aliphatic rings. The predicted molar refractivity (Wildman–Crippen MR) is 149 cm³/mol. The van der Waals surface area contributed by atoms with Crippen LogP contribution < -0.4 is 0 Å². The van der Waals surface area contributed by atoms with Gasteiger partial charge in [-0.15, -0.1) is 0 Å². The maximum absolute atomic E-state index is 4.79. The van der Waals surface area contributed by atoms with Gasteiger partial charge in [-0.3, -0.25) is 9.97 Å². The first-order chi connectivity index (χ1) is 17.6. The van der Waals surface area contributed by atoms with E-state index in [1.807, 2.05) is 18.5 Å². The van der Waals surface area contributed by atoms with Gasteiger partial charge in [-0.1, -0.05) is 62.4 Å². The summed E-state index contributed by atoms with van der Waals surface area (Å²) < 4.78 is 2.42. The van der Waals surface area contributed by atoms with Crippen LogP contribution in [0, 0.1) is 0 Å². The number of aromatic nitrogens is 3. The second kappa shape index (κ2) is 6.79. The number of hydrogen-bond acceptors (Lipinski definition) is 2. The van der Waals surface area contributed by atoms with Crippen LogP contribution >= 0.6 is 0 Å². The normalized spacial score (nSPS) is 14.1. The summed E-state index contributed by atoms with van der Waals surface area (Å²) in [6, 6.07) is 32.9. The quantitative estimate of drug-likeness (QED) is 0.231. The van der Waals surface area contributed by atoms with Crippen molar-refractivity contribution in [1.82, 2.24) is 14.5 Å². The molecule has 0 spiro atoms. The number of rotatable bonds is 1. The Morgan fingerprint density at radius 2 is 1.53 bits per heavy atom. The SMILES string of the molecule is CC1(C)c2ccccc2-c2cc3c4ccccc4n(-c4cccc5ncc6cccnc6c45)c3cc21. The van der Waals surface area contributed by atoms with E-state index in [4.69, 9.17) is 9.97 Å². The minimum atomic E-state index is -0.0596. The second-order valence-corrected chi connectivity index (χ2v) is 10.3. The van der Waals surface area contributed by atoms with Crippen molar-refractivity contribution in [3.05, 3.63) is 115 Å². The molecule has 3 heterocycles. The number of benzene rings is 4. The van der Waals surface area contributed by atoms with Crippen molar-refractivity contribution in [3.63, 3.8) is 0 Å².